The molecule has 0 aliphatic carbocycles. The average molecular weight is 372 g/mol. The smallest absolute Gasteiger partial charge is 0.336 e. The Hall–Kier alpha value is -2.69. The first-order valence-corrected chi connectivity index (χ1v) is 9.62. The second kappa shape index (κ2) is 8.13. The average Bonchev–Trinajstić information content (AvgIpc) is 2.62. The number of aromatic carboxylic acids is 1. The summed E-state index contributed by atoms with van der Waals surface area (Å²) in [7, 11) is -3.81. The van der Waals surface area contributed by atoms with E-state index in [-0.39, 0.29) is 17.0 Å². The Morgan fingerprint density at radius 2 is 1.96 bits per heavy atom. The fourth-order valence-electron chi connectivity index (χ4n) is 2.59. The second-order valence-corrected chi connectivity index (χ2v) is 7.65. The molecule has 2 N–H and O–H groups in total. The maximum absolute atomic E-state index is 12.4. The van der Waals surface area contributed by atoms with Crippen molar-refractivity contribution in [2.24, 2.45) is 0 Å². The summed E-state index contributed by atoms with van der Waals surface area (Å²) in [6.45, 7) is 3.80. The van der Waals surface area contributed by atoms with Gasteiger partial charge in [-0.25, -0.2) is 17.9 Å². The molecule has 0 radical (unpaired) electrons. The number of nitrogens with one attached hydrogen (secondary N) is 1. The molecular formula is C19H20N2O4S. The van der Waals surface area contributed by atoms with E-state index in [0.717, 1.165) is 11.1 Å². The van der Waals surface area contributed by atoms with Crippen LogP contribution in [0.5, 0.6) is 0 Å². The van der Waals surface area contributed by atoms with Gasteiger partial charge in [0, 0.05) is 6.54 Å². The molecule has 0 fully saturated rings. The molecule has 0 aliphatic heterocycles. The molecule has 2 rings (SSSR count). The van der Waals surface area contributed by atoms with E-state index in [4.69, 9.17) is 5.26 Å². The first-order valence-electron chi connectivity index (χ1n) is 8.14. The molecule has 136 valence electrons. The molecule has 6 nitrogen and oxygen atoms in total. The van der Waals surface area contributed by atoms with Crippen LogP contribution in [0.3, 0.4) is 0 Å². The summed E-state index contributed by atoms with van der Waals surface area (Å²) in [6, 6.07) is 11.6. The van der Waals surface area contributed by atoms with Gasteiger partial charge in [-0.2, -0.15) is 5.26 Å². The summed E-state index contributed by atoms with van der Waals surface area (Å²) in [6.07, 6.45) is 0.928. The topological polar surface area (TPSA) is 107 Å². The van der Waals surface area contributed by atoms with E-state index >= 15 is 0 Å². The minimum absolute atomic E-state index is 0.00688. The number of nitriles is 1. The number of aryl methyl sites for hydroxylation is 2. The minimum atomic E-state index is -3.81. The summed E-state index contributed by atoms with van der Waals surface area (Å²) in [4.78, 5) is 11.2. The number of hydrogen-bond acceptors (Lipinski definition) is 4. The van der Waals surface area contributed by atoms with Gasteiger partial charge in [0.15, 0.2) is 0 Å². The van der Waals surface area contributed by atoms with Crippen molar-refractivity contribution < 1.29 is 18.3 Å². The Kier molecular flexibility index (Phi) is 6.14. The SMILES string of the molecule is CCc1ccc(S(=O)(=O)NCCc2ccc(C)c(C#N)c2)cc1C(=O)O. The van der Waals surface area contributed by atoms with Crippen molar-refractivity contribution >= 4 is 16.0 Å². The molecule has 0 aliphatic rings. The third-order valence-corrected chi connectivity index (χ3v) is 5.59. The number of rotatable bonds is 7. The van der Waals surface area contributed by atoms with Crippen molar-refractivity contribution in [3.05, 3.63) is 64.2 Å². The molecule has 0 aromatic heterocycles. The summed E-state index contributed by atoms with van der Waals surface area (Å²) in [5, 5.41) is 18.3. The van der Waals surface area contributed by atoms with Crippen LogP contribution in [0.1, 0.15) is 39.5 Å². The van der Waals surface area contributed by atoms with Crippen LogP contribution >= 0.6 is 0 Å². The van der Waals surface area contributed by atoms with E-state index in [1.54, 1.807) is 6.07 Å². The standard InChI is InChI=1S/C19H20N2O4S/c1-3-15-6-7-17(11-18(15)19(22)23)26(24,25)21-9-8-14-5-4-13(2)16(10-14)12-20/h4-7,10-11,21H,3,8-9H2,1-2H3,(H,22,23). The van der Waals surface area contributed by atoms with Gasteiger partial charge < -0.3 is 5.11 Å². The summed E-state index contributed by atoms with van der Waals surface area (Å²) in [5.74, 6) is -1.15. The van der Waals surface area contributed by atoms with Crippen molar-refractivity contribution in [2.45, 2.75) is 31.6 Å². The maximum Gasteiger partial charge on any atom is 0.336 e. The molecule has 0 bridgehead atoms. The Morgan fingerprint density at radius 3 is 2.58 bits per heavy atom. The van der Waals surface area contributed by atoms with Crippen LogP contribution < -0.4 is 4.72 Å². The molecule has 26 heavy (non-hydrogen) atoms. The van der Waals surface area contributed by atoms with E-state index in [0.29, 0.717) is 24.0 Å². The predicted octanol–water partition coefficient (Wildman–Crippen LogP) is 2.65. The van der Waals surface area contributed by atoms with Crippen LogP contribution in [-0.2, 0) is 22.9 Å². The zero-order valence-corrected chi connectivity index (χ0v) is 15.4. The van der Waals surface area contributed by atoms with E-state index in [1.165, 1.54) is 18.2 Å². The lowest BCUT2D eigenvalue weighted by atomic mass is 10.0. The molecule has 0 spiro atoms. The second-order valence-electron chi connectivity index (χ2n) is 5.89. The van der Waals surface area contributed by atoms with E-state index < -0.39 is 16.0 Å². The zero-order valence-electron chi connectivity index (χ0n) is 14.6. The highest BCUT2D eigenvalue weighted by Gasteiger charge is 2.18. The normalized spacial score (nSPS) is 11.1. The Labute approximate surface area is 153 Å². The first-order chi connectivity index (χ1) is 12.3. The van der Waals surface area contributed by atoms with Crippen molar-refractivity contribution in [3.8, 4) is 6.07 Å². The van der Waals surface area contributed by atoms with Crippen molar-refractivity contribution in [3.63, 3.8) is 0 Å². The molecule has 0 saturated heterocycles. The van der Waals surface area contributed by atoms with Crippen molar-refractivity contribution in [1.29, 1.82) is 5.26 Å². The van der Waals surface area contributed by atoms with Gasteiger partial charge in [0.25, 0.3) is 0 Å². The highest BCUT2D eigenvalue weighted by molar-refractivity contribution is 7.89. The van der Waals surface area contributed by atoms with E-state index in [2.05, 4.69) is 10.8 Å². The largest absolute Gasteiger partial charge is 0.478 e. The van der Waals surface area contributed by atoms with Crippen LogP contribution in [0.4, 0.5) is 0 Å². The van der Waals surface area contributed by atoms with E-state index in [9.17, 15) is 18.3 Å². The Balaban J connectivity index is 2.13. The van der Waals surface area contributed by atoms with Gasteiger partial charge in [-0.1, -0.05) is 25.1 Å². The third-order valence-electron chi connectivity index (χ3n) is 4.13. The molecular weight excluding hydrogens is 352 g/mol. The fraction of sp³-hybridized carbons (Fsp3) is 0.263. The van der Waals surface area contributed by atoms with Crippen molar-refractivity contribution in [1.82, 2.24) is 4.72 Å². The number of carboxylic acids is 1. The highest BCUT2D eigenvalue weighted by atomic mass is 32.2. The lowest BCUT2D eigenvalue weighted by Crippen LogP contribution is -2.26. The number of nitrogens with zero attached hydrogens (tertiary/aromatic N) is 1. The van der Waals surface area contributed by atoms with Gasteiger partial charge in [0.05, 0.1) is 22.1 Å². The molecule has 2 aromatic rings. The summed E-state index contributed by atoms with van der Waals surface area (Å²) >= 11 is 0. The van der Waals surface area contributed by atoms with Gasteiger partial charge >= 0.3 is 5.97 Å². The van der Waals surface area contributed by atoms with Gasteiger partial charge in [-0.15, -0.1) is 0 Å². The van der Waals surface area contributed by atoms with Gasteiger partial charge in [-0.05, 0) is 54.7 Å². The lowest BCUT2D eigenvalue weighted by molar-refractivity contribution is 0.0695. The first kappa shape index (κ1) is 19.6. The number of carbonyl (C=O) groups is 1. The van der Waals surface area contributed by atoms with Crippen LogP contribution in [0.2, 0.25) is 0 Å². The molecule has 0 heterocycles. The third kappa shape index (κ3) is 4.48. The predicted molar refractivity (Wildman–Crippen MR) is 97.6 cm³/mol. The zero-order chi connectivity index (χ0) is 19.3. The van der Waals surface area contributed by atoms with Crippen LogP contribution in [0, 0.1) is 18.3 Å². The molecule has 7 heteroatoms. The minimum Gasteiger partial charge on any atom is -0.478 e. The Bertz CT molecular complexity index is 976. The Morgan fingerprint density at radius 1 is 1.23 bits per heavy atom. The number of carboxylic acid groups (broad SMARTS) is 1. The molecule has 2 aromatic carbocycles. The number of benzene rings is 2. The molecule has 0 unspecified atom stereocenters. The lowest BCUT2D eigenvalue weighted by Gasteiger charge is -2.10. The summed E-state index contributed by atoms with van der Waals surface area (Å²) < 4.78 is 27.3. The van der Waals surface area contributed by atoms with Crippen LogP contribution in [0.25, 0.3) is 0 Å². The maximum atomic E-state index is 12.4. The number of sulfonamides is 1. The van der Waals surface area contributed by atoms with Crippen molar-refractivity contribution in [2.75, 3.05) is 6.54 Å². The monoisotopic (exact) mass is 372 g/mol. The van der Waals surface area contributed by atoms with Crippen LogP contribution in [-0.4, -0.2) is 26.0 Å². The summed E-state index contributed by atoms with van der Waals surface area (Å²) in [5.41, 5.74) is 2.86. The fourth-order valence-corrected chi connectivity index (χ4v) is 3.65. The van der Waals surface area contributed by atoms with Crippen LogP contribution in [0.15, 0.2) is 41.3 Å². The van der Waals surface area contributed by atoms with Gasteiger partial charge in [0.1, 0.15) is 0 Å². The highest BCUT2D eigenvalue weighted by Crippen LogP contribution is 2.17. The quantitative estimate of drug-likeness (QED) is 0.777. The van der Waals surface area contributed by atoms with Gasteiger partial charge in [-0.3, -0.25) is 0 Å². The van der Waals surface area contributed by atoms with Gasteiger partial charge in [0.2, 0.25) is 10.0 Å². The molecule has 0 saturated carbocycles. The van der Waals surface area contributed by atoms with E-state index in [1.807, 2.05) is 26.0 Å². The molecule has 0 amide bonds. The number of hydrogen-bond donors (Lipinski definition) is 2. The molecule has 0 atom stereocenters.